The summed E-state index contributed by atoms with van der Waals surface area (Å²) in [7, 11) is 1.51. The number of anilines is 1. The molecule has 0 bridgehead atoms. The van der Waals surface area contributed by atoms with Crippen molar-refractivity contribution in [1.29, 1.82) is 0 Å². The van der Waals surface area contributed by atoms with Gasteiger partial charge in [0.15, 0.2) is 0 Å². The minimum Gasteiger partial charge on any atom is -0.467 e. The quantitative estimate of drug-likeness (QED) is 0.526. The Kier molecular flexibility index (Phi) is 4.82. The van der Waals surface area contributed by atoms with Gasteiger partial charge in [0.25, 0.3) is 0 Å². The van der Waals surface area contributed by atoms with Gasteiger partial charge in [-0.25, -0.2) is 0 Å². The Labute approximate surface area is 167 Å². The van der Waals surface area contributed by atoms with Crippen LogP contribution in [0.2, 0.25) is 0 Å². The number of aromatic nitrogens is 4. The lowest BCUT2D eigenvalue weighted by molar-refractivity contribution is 0.100. The van der Waals surface area contributed by atoms with Crippen LogP contribution in [0.4, 0.5) is 5.95 Å². The third-order valence-electron chi connectivity index (χ3n) is 4.57. The van der Waals surface area contributed by atoms with Crippen LogP contribution in [0, 0.1) is 6.92 Å². The minimum atomic E-state index is -0.480. The average Bonchev–Trinajstić information content (AvgIpc) is 3.08. The summed E-state index contributed by atoms with van der Waals surface area (Å²) in [6.45, 7) is 2.47. The van der Waals surface area contributed by atoms with Crippen LogP contribution in [0.1, 0.15) is 21.6 Å². The number of ether oxygens (including phenoxy) is 1. The fourth-order valence-corrected chi connectivity index (χ4v) is 3.24. The lowest BCUT2D eigenvalue weighted by atomic mass is 10.1. The molecule has 0 spiro atoms. The summed E-state index contributed by atoms with van der Waals surface area (Å²) in [5.41, 5.74) is 8.71. The van der Waals surface area contributed by atoms with E-state index in [-0.39, 0.29) is 6.01 Å². The van der Waals surface area contributed by atoms with Crippen molar-refractivity contribution in [3.05, 3.63) is 71.4 Å². The van der Waals surface area contributed by atoms with Crippen LogP contribution in [0.3, 0.4) is 0 Å². The first-order chi connectivity index (χ1) is 14.1. The summed E-state index contributed by atoms with van der Waals surface area (Å²) in [4.78, 5) is 25.0. The summed E-state index contributed by atoms with van der Waals surface area (Å²) in [6, 6.07) is 17.4. The molecule has 0 atom stereocenters. The number of fused-ring (bicyclic) bond motifs is 1. The third-order valence-corrected chi connectivity index (χ3v) is 4.57. The van der Waals surface area contributed by atoms with Gasteiger partial charge in [0.05, 0.1) is 12.6 Å². The number of primary amides is 1. The maximum absolute atomic E-state index is 11.8. The van der Waals surface area contributed by atoms with Crippen molar-refractivity contribution in [2.75, 3.05) is 12.4 Å². The van der Waals surface area contributed by atoms with E-state index >= 15 is 0 Å². The Morgan fingerprint density at radius 2 is 1.90 bits per heavy atom. The number of amides is 1. The number of carbonyl (C=O) groups is 1. The molecule has 0 fully saturated rings. The van der Waals surface area contributed by atoms with Crippen LogP contribution in [0.15, 0.2) is 54.6 Å². The molecular formula is C21H20N6O2. The molecule has 0 radical (unpaired) electrons. The molecule has 0 saturated heterocycles. The highest BCUT2D eigenvalue weighted by molar-refractivity contribution is 6.06. The standard InChI is InChI=1S/C21H20N6O2/c1-13-11-16-15(18(22)28)9-6-10-17(16)27(13)20-24-19(25-21(26-20)29-2)23-12-14-7-4-3-5-8-14/h3-11H,12H2,1-2H3,(H2,22,28)(H,23,24,25,26). The van der Waals surface area contributed by atoms with Gasteiger partial charge in [0.1, 0.15) is 0 Å². The van der Waals surface area contributed by atoms with E-state index in [0.717, 1.165) is 22.2 Å². The number of nitrogens with zero attached hydrogens (tertiary/aromatic N) is 4. The van der Waals surface area contributed by atoms with E-state index < -0.39 is 5.91 Å². The smallest absolute Gasteiger partial charge is 0.322 e. The van der Waals surface area contributed by atoms with Gasteiger partial charge in [0.2, 0.25) is 17.8 Å². The number of rotatable bonds is 6. The molecule has 0 aliphatic heterocycles. The van der Waals surface area contributed by atoms with Crippen molar-refractivity contribution < 1.29 is 9.53 Å². The van der Waals surface area contributed by atoms with Crippen molar-refractivity contribution >= 4 is 22.8 Å². The molecule has 4 rings (SSSR count). The first-order valence-corrected chi connectivity index (χ1v) is 9.06. The largest absolute Gasteiger partial charge is 0.467 e. The number of aryl methyl sites for hydroxylation is 1. The number of hydrogen-bond acceptors (Lipinski definition) is 6. The van der Waals surface area contributed by atoms with Gasteiger partial charge in [-0.05, 0) is 30.7 Å². The fourth-order valence-electron chi connectivity index (χ4n) is 3.24. The van der Waals surface area contributed by atoms with E-state index in [0.29, 0.717) is 24.0 Å². The van der Waals surface area contributed by atoms with E-state index in [9.17, 15) is 4.79 Å². The van der Waals surface area contributed by atoms with Crippen molar-refractivity contribution in [2.24, 2.45) is 5.73 Å². The summed E-state index contributed by atoms with van der Waals surface area (Å²) in [5, 5.41) is 3.95. The molecule has 0 unspecified atom stereocenters. The number of nitrogens with two attached hydrogens (primary N) is 1. The lowest BCUT2D eigenvalue weighted by Crippen LogP contribution is -2.12. The molecule has 1 amide bonds. The maximum atomic E-state index is 11.8. The molecule has 2 aromatic carbocycles. The van der Waals surface area contributed by atoms with Crippen LogP contribution in [-0.4, -0.2) is 32.5 Å². The van der Waals surface area contributed by atoms with Gasteiger partial charge >= 0.3 is 6.01 Å². The molecule has 8 heteroatoms. The topological polar surface area (TPSA) is 108 Å². The van der Waals surface area contributed by atoms with Gasteiger partial charge < -0.3 is 15.8 Å². The number of benzene rings is 2. The molecule has 0 aliphatic carbocycles. The molecule has 4 aromatic rings. The number of nitrogens with one attached hydrogen (secondary N) is 1. The van der Waals surface area contributed by atoms with Crippen LogP contribution in [0.25, 0.3) is 16.9 Å². The maximum Gasteiger partial charge on any atom is 0.322 e. The Hall–Kier alpha value is -3.94. The molecule has 146 valence electrons. The molecule has 29 heavy (non-hydrogen) atoms. The number of hydrogen-bond donors (Lipinski definition) is 2. The van der Waals surface area contributed by atoms with Crippen LogP contribution in [-0.2, 0) is 6.54 Å². The zero-order chi connectivity index (χ0) is 20.4. The SMILES string of the molecule is COc1nc(NCc2ccccc2)nc(-n2c(C)cc3c(C(N)=O)cccc32)n1. The van der Waals surface area contributed by atoms with Gasteiger partial charge in [-0.15, -0.1) is 0 Å². The molecule has 3 N–H and O–H groups in total. The molecule has 0 saturated carbocycles. The van der Waals surface area contributed by atoms with Crippen molar-refractivity contribution in [2.45, 2.75) is 13.5 Å². The fraction of sp³-hybridized carbons (Fsp3) is 0.143. The predicted octanol–water partition coefficient (Wildman–Crippen LogP) is 2.84. The zero-order valence-electron chi connectivity index (χ0n) is 16.1. The van der Waals surface area contributed by atoms with Crippen LogP contribution >= 0.6 is 0 Å². The molecule has 0 aliphatic rings. The Morgan fingerprint density at radius 3 is 2.62 bits per heavy atom. The highest BCUT2D eigenvalue weighted by Gasteiger charge is 2.17. The average molecular weight is 388 g/mol. The summed E-state index contributed by atoms with van der Waals surface area (Å²) < 4.78 is 7.12. The molecular weight excluding hydrogens is 368 g/mol. The van der Waals surface area contributed by atoms with Gasteiger partial charge in [-0.2, -0.15) is 15.0 Å². The first-order valence-electron chi connectivity index (χ1n) is 9.06. The Balaban J connectivity index is 1.78. The summed E-state index contributed by atoms with van der Waals surface area (Å²) in [5.74, 6) is 0.302. The molecule has 2 aromatic heterocycles. The van der Waals surface area contributed by atoms with Crippen molar-refractivity contribution in [3.8, 4) is 12.0 Å². The second-order valence-corrected chi connectivity index (χ2v) is 6.51. The van der Waals surface area contributed by atoms with Gasteiger partial charge in [-0.1, -0.05) is 36.4 Å². The van der Waals surface area contributed by atoms with Crippen molar-refractivity contribution in [3.63, 3.8) is 0 Å². The second kappa shape index (κ2) is 7.59. The summed E-state index contributed by atoms with van der Waals surface area (Å²) >= 11 is 0. The molecule has 8 nitrogen and oxygen atoms in total. The predicted molar refractivity (Wildman–Crippen MR) is 110 cm³/mol. The van der Waals surface area contributed by atoms with Gasteiger partial charge in [-0.3, -0.25) is 9.36 Å². The minimum absolute atomic E-state index is 0.192. The van der Waals surface area contributed by atoms with Crippen molar-refractivity contribution in [1.82, 2.24) is 19.5 Å². The van der Waals surface area contributed by atoms with E-state index in [1.54, 1.807) is 12.1 Å². The first kappa shape index (κ1) is 18.4. The van der Waals surface area contributed by atoms with Crippen LogP contribution < -0.4 is 15.8 Å². The normalized spacial score (nSPS) is 10.8. The number of carbonyl (C=O) groups excluding carboxylic acids is 1. The monoisotopic (exact) mass is 388 g/mol. The van der Waals surface area contributed by atoms with E-state index in [4.69, 9.17) is 10.5 Å². The zero-order valence-corrected chi connectivity index (χ0v) is 16.1. The second-order valence-electron chi connectivity index (χ2n) is 6.51. The van der Waals surface area contributed by atoms with Gasteiger partial charge in [0, 0.05) is 23.2 Å². The summed E-state index contributed by atoms with van der Waals surface area (Å²) in [6.07, 6.45) is 0. The van der Waals surface area contributed by atoms with E-state index in [1.807, 2.05) is 54.0 Å². The Morgan fingerprint density at radius 1 is 1.10 bits per heavy atom. The lowest BCUT2D eigenvalue weighted by Gasteiger charge is -2.11. The molecule has 2 heterocycles. The highest BCUT2D eigenvalue weighted by atomic mass is 16.5. The number of methoxy groups -OCH3 is 1. The third kappa shape index (κ3) is 3.60. The van der Waals surface area contributed by atoms with E-state index in [1.165, 1.54) is 7.11 Å². The van der Waals surface area contributed by atoms with E-state index in [2.05, 4.69) is 20.3 Å². The Bertz CT molecular complexity index is 1190. The highest BCUT2D eigenvalue weighted by Crippen LogP contribution is 2.26. The van der Waals surface area contributed by atoms with Crippen LogP contribution in [0.5, 0.6) is 6.01 Å².